The highest BCUT2D eigenvalue weighted by Gasteiger charge is 2.56. The maximum absolute atomic E-state index is 13.9. The van der Waals surface area contributed by atoms with Crippen molar-refractivity contribution in [2.24, 2.45) is 11.8 Å². The number of hydrogen-bond acceptors (Lipinski definition) is 7. The van der Waals surface area contributed by atoms with Crippen molar-refractivity contribution in [1.29, 1.82) is 0 Å². The third-order valence-electron chi connectivity index (χ3n) is 7.00. The molecule has 11 heteroatoms. The smallest absolute Gasteiger partial charge is 0.373 e. The van der Waals surface area contributed by atoms with Crippen LogP contribution in [0.15, 0.2) is 16.4 Å². The molecule has 4 heterocycles. The number of alkyl halides is 3. The molecule has 3 aliphatic rings. The van der Waals surface area contributed by atoms with Crippen LogP contribution in [0.1, 0.15) is 30.3 Å². The Morgan fingerprint density at radius 1 is 1.41 bits per heavy atom. The highest BCUT2D eigenvalue weighted by molar-refractivity contribution is 7.09. The third-order valence-corrected chi connectivity index (χ3v) is 8.00. The number of halogens is 3. The van der Waals surface area contributed by atoms with Gasteiger partial charge in [-0.1, -0.05) is 0 Å². The minimum atomic E-state index is -4.42. The molecule has 1 saturated carbocycles. The summed E-state index contributed by atoms with van der Waals surface area (Å²) in [5.41, 5.74) is 1.83. The fourth-order valence-electron chi connectivity index (χ4n) is 4.98. The second-order valence-electron chi connectivity index (χ2n) is 9.16. The Balaban J connectivity index is 1.42. The van der Waals surface area contributed by atoms with Crippen molar-refractivity contribution in [2.75, 3.05) is 29.9 Å². The molecule has 2 aliphatic heterocycles. The summed E-state index contributed by atoms with van der Waals surface area (Å²) < 4.78 is 48.9. The molecular weight excluding hydrogens is 443 g/mol. The molecule has 174 valence electrons. The predicted molar refractivity (Wildman–Crippen MR) is 115 cm³/mol. The van der Waals surface area contributed by atoms with Crippen molar-refractivity contribution in [3.8, 4) is 0 Å². The van der Waals surface area contributed by atoms with Crippen LogP contribution in [0.3, 0.4) is 0 Å². The van der Waals surface area contributed by atoms with E-state index in [0.717, 1.165) is 23.6 Å². The highest BCUT2D eigenvalue weighted by atomic mass is 32.1. The average Bonchev–Trinajstić information content (AvgIpc) is 3.32. The zero-order chi connectivity index (χ0) is 22.7. The molecule has 0 amide bonds. The Morgan fingerprint density at radius 3 is 2.84 bits per heavy atom. The maximum Gasteiger partial charge on any atom is 0.408 e. The van der Waals surface area contributed by atoms with Crippen molar-refractivity contribution in [3.63, 3.8) is 0 Å². The molecule has 5 rings (SSSR count). The van der Waals surface area contributed by atoms with Gasteiger partial charge < -0.3 is 15.0 Å². The fraction of sp³-hybridized carbons (Fsp3) is 0.667. The van der Waals surface area contributed by atoms with E-state index in [9.17, 15) is 18.0 Å². The molecule has 2 aromatic heterocycles. The summed E-state index contributed by atoms with van der Waals surface area (Å²) in [6, 6.07) is -0.313. The first-order valence-electron chi connectivity index (χ1n) is 10.9. The highest BCUT2D eigenvalue weighted by Crippen LogP contribution is 2.53. The molecule has 4 atom stereocenters. The quantitative estimate of drug-likeness (QED) is 0.701. The molecule has 1 unspecified atom stereocenters. The van der Waals surface area contributed by atoms with E-state index >= 15 is 0 Å². The maximum atomic E-state index is 13.9. The van der Waals surface area contributed by atoms with Crippen LogP contribution in [-0.2, 0) is 17.7 Å². The van der Waals surface area contributed by atoms with Gasteiger partial charge in [-0.3, -0.25) is 9.36 Å². The van der Waals surface area contributed by atoms with Gasteiger partial charge in [0, 0.05) is 37.0 Å². The molecule has 0 aromatic carbocycles. The number of ether oxygens (including phenoxy) is 1. The van der Waals surface area contributed by atoms with Crippen molar-refractivity contribution >= 4 is 23.1 Å². The molecule has 2 aromatic rings. The molecule has 32 heavy (non-hydrogen) atoms. The molecule has 1 saturated heterocycles. The van der Waals surface area contributed by atoms with E-state index in [1.165, 1.54) is 26.9 Å². The molecule has 0 bridgehead atoms. The Hall–Kier alpha value is -2.14. The molecule has 1 aliphatic carbocycles. The Kier molecular flexibility index (Phi) is 5.23. The standard InChI is InChI=1S/C21H26F3N5O2S/c1-12-15(32-11-26-12)3-5-28-16(21(22,23)24)4-6-29-18(30)8-17(27-19(28)29)25-10-20(2)14-7-13(14)9-31-20/h8,11,13-14,16,25H,3-7,9-10H2,1-2H3/t13-,14?,16-,20+/m0/s1. The minimum absolute atomic E-state index is 0.00765. The first-order valence-corrected chi connectivity index (χ1v) is 11.8. The lowest BCUT2D eigenvalue weighted by atomic mass is 10.0. The van der Waals surface area contributed by atoms with Gasteiger partial charge in [-0.2, -0.15) is 18.2 Å². The van der Waals surface area contributed by atoms with E-state index in [0.29, 0.717) is 24.8 Å². The van der Waals surface area contributed by atoms with Gasteiger partial charge >= 0.3 is 6.18 Å². The van der Waals surface area contributed by atoms with Crippen LogP contribution in [0.5, 0.6) is 0 Å². The molecular formula is C21H26F3N5O2S. The third kappa shape index (κ3) is 3.89. The van der Waals surface area contributed by atoms with E-state index in [1.54, 1.807) is 5.51 Å². The Labute approximate surface area is 187 Å². The van der Waals surface area contributed by atoms with Gasteiger partial charge in [-0.05, 0) is 38.5 Å². The van der Waals surface area contributed by atoms with E-state index in [-0.39, 0.29) is 42.4 Å². The van der Waals surface area contributed by atoms with Crippen LogP contribution < -0.4 is 15.8 Å². The summed E-state index contributed by atoms with van der Waals surface area (Å²) in [4.78, 5) is 23.6. The number of nitrogens with one attached hydrogen (secondary N) is 1. The van der Waals surface area contributed by atoms with Gasteiger partial charge in [0.2, 0.25) is 5.95 Å². The molecule has 1 N–H and O–H groups in total. The van der Waals surface area contributed by atoms with Gasteiger partial charge in [0.1, 0.15) is 11.9 Å². The summed E-state index contributed by atoms with van der Waals surface area (Å²) >= 11 is 1.43. The summed E-state index contributed by atoms with van der Waals surface area (Å²) in [5, 5.41) is 3.16. The van der Waals surface area contributed by atoms with Crippen LogP contribution in [-0.4, -0.2) is 52.1 Å². The summed E-state index contributed by atoms with van der Waals surface area (Å²) in [5.74, 6) is 1.44. The zero-order valence-electron chi connectivity index (χ0n) is 18.0. The predicted octanol–water partition coefficient (Wildman–Crippen LogP) is 3.23. The normalized spacial score (nSPS) is 29.0. The van der Waals surface area contributed by atoms with Crippen molar-refractivity contribution in [3.05, 3.63) is 32.5 Å². The molecule has 2 fully saturated rings. The first kappa shape index (κ1) is 21.7. The van der Waals surface area contributed by atoms with Gasteiger partial charge in [0.25, 0.3) is 5.56 Å². The Morgan fingerprint density at radius 2 is 2.22 bits per heavy atom. The Bertz CT molecular complexity index is 1070. The second-order valence-corrected chi connectivity index (χ2v) is 10.1. The summed E-state index contributed by atoms with van der Waals surface area (Å²) in [6.45, 7) is 5.18. The van der Waals surface area contributed by atoms with E-state index < -0.39 is 12.2 Å². The van der Waals surface area contributed by atoms with Gasteiger partial charge in [-0.25, -0.2) is 4.98 Å². The number of fused-ring (bicyclic) bond motifs is 2. The number of aromatic nitrogens is 3. The van der Waals surface area contributed by atoms with Crippen LogP contribution >= 0.6 is 11.3 Å². The van der Waals surface area contributed by atoms with Crippen molar-refractivity contribution < 1.29 is 17.9 Å². The molecule has 7 nitrogen and oxygen atoms in total. The zero-order valence-corrected chi connectivity index (χ0v) is 18.8. The van der Waals surface area contributed by atoms with Crippen LogP contribution in [0, 0.1) is 18.8 Å². The van der Waals surface area contributed by atoms with Crippen LogP contribution in [0.4, 0.5) is 24.9 Å². The number of thiazole rings is 1. The average molecular weight is 470 g/mol. The monoisotopic (exact) mass is 469 g/mol. The SMILES string of the molecule is Cc1ncsc1CCN1c2nc(NC[C@@]3(C)OC[C@@H]4CC43)cc(=O)n2CC[C@H]1C(F)(F)F. The minimum Gasteiger partial charge on any atom is -0.373 e. The second kappa shape index (κ2) is 7.72. The molecule has 0 spiro atoms. The van der Waals surface area contributed by atoms with E-state index in [2.05, 4.69) is 15.3 Å². The number of nitrogens with zero attached hydrogens (tertiary/aromatic N) is 4. The number of hydrogen-bond donors (Lipinski definition) is 1. The van der Waals surface area contributed by atoms with Crippen molar-refractivity contribution in [2.45, 2.75) is 57.5 Å². The summed E-state index contributed by atoms with van der Waals surface area (Å²) in [6.07, 6.45) is -3.05. The van der Waals surface area contributed by atoms with E-state index in [4.69, 9.17) is 4.74 Å². The number of aryl methyl sites for hydroxylation is 1. The van der Waals surface area contributed by atoms with Crippen LogP contribution in [0.25, 0.3) is 0 Å². The lowest BCUT2D eigenvalue weighted by molar-refractivity contribution is -0.152. The van der Waals surface area contributed by atoms with Crippen molar-refractivity contribution in [1.82, 2.24) is 14.5 Å². The van der Waals surface area contributed by atoms with Crippen LogP contribution in [0.2, 0.25) is 0 Å². The number of anilines is 2. The van der Waals surface area contributed by atoms with E-state index in [1.807, 2.05) is 13.8 Å². The lowest BCUT2D eigenvalue weighted by Gasteiger charge is -2.39. The lowest BCUT2D eigenvalue weighted by Crippen LogP contribution is -2.53. The van der Waals surface area contributed by atoms with Gasteiger partial charge in [0.15, 0.2) is 0 Å². The molecule has 0 radical (unpaired) electrons. The topological polar surface area (TPSA) is 72.3 Å². The van der Waals surface area contributed by atoms with Gasteiger partial charge in [-0.15, -0.1) is 11.3 Å². The van der Waals surface area contributed by atoms with Gasteiger partial charge in [0.05, 0.1) is 23.4 Å². The number of rotatable bonds is 6. The fourth-order valence-corrected chi connectivity index (χ4v) is 5.75. The summed E-state index contributed by atoms with van der Waals surface area (Å²) in [7, 11) is 0. The first-order chi connectivity index (χ1) is 15.2. The largest absolute Gasteiger partial charge is 0.408 e.